The van der Waals surface area contributed by atoms with E-state index in [4.69, 9.17) is 0 Å². The zero-order chi connectivity index (χ0) is 16.1. The van der Waals surface area contributed by atoms with Crippen molar-refractivity contribution < 1.29 is 0 Å². The minimum absolute atomic E-state index is 0.543. The molecular formula is C21H27N. The van der Waals surface area contributed by atoms with E-state index in [2.05, 4.69) is 87.7 Å². The Labute approximate surface area is 135 Å². The summed E-state index contributed by atoms with van der Waals surface area (Å²) in [6.45, 7) is 14.3. The first-order valence-electron chi connectivity index (χ1n) is 8.08. The maximum atomic E-state index is 4.27. The predicted octanol–water partition coefficient (Wildman–Crippen LogP) is 5.37. The quantitative estimate of drug-likeness (QED) is 0.692. The maximum absolute atomic E-state index is 4.27. The predicted molar refractivity (Wildman–Crippen MR) is 96.8 cm³/mol. The zero-order valence-electron chi connectivity index (χ0n) is 14.2. The summed E-state index contributed by atoms with van der Waals surface area (Å²) in [7, 11) is 0. The van der Waals surface area contributed by atoms with Crippen molar-refractivity contribution in [2.24, 2.45) is 0 Å². The van der Waals surface area contributed by atoms with Crippen LogP contribution in [-0.4, -0.2) is 17.0 Å². The Morgan fingerprint density at radius 2 is 1.45 bits per heavy atom. The van der Waals surface area contributed by atoms with Crippen LogP contribution < -0.4 is 0 Å². The first-order chi connectivity index (χ1) is 10.5. The Morgan fingerprint density at radius 3 is 2.05 bits per heavy atom. The van der Waals surface area contributed by atoms with Crippen LogP contribution in [0.2, 0.25) is 0 Å². The molecule has 2 aromatic carbocycles. The SMILES string of the molecule is C=C(c1ccccc1)c1cccc(CN(C(C)C)C(C)C)c1. The van der Waals surface area contributed by atoms with Crippen molar-refractivity contribution in [1.82, 2.24) is 4.90 Å². The lowest BCUT2D eigenvalue weighted by Gasteiger charge is -2.30. The third-order valence-corrected chi connectivity index (χ3v) is 4.09. The van der Waals surface area contributed by atoms with E-state index in [1.165, 1.54) is 16.7 Å². The summed E-state index contributed by atoms with van der Waals surface area (Å²) in [6.07, 6.45) is 0. The van der Waals surface area contributed by atoms with Gasteiger partial charge in [-0.05, 0) is 56.0 Å². The number of hydrogen-bond acceptors (Lipinski definition) is 1. The highest BCUT2D eigenvalue weighted by molar-refractivity contribution is 5.78. The van der Waals surface area contributed by atoms with Gasteiger partial charge in [-0.1, -0.05) is 55.1 Å². The van der Waals surface area contributed by atoms with Crippen molar-refractivity contribution in [3.63, 3.8) is 0 Å². The molecule has 0 heterocycles. The van der Waals surface area contributed by atoms with Crippen LogP contribution in [0.4, 0.5) is 0 Å². The molecule has 0 atom stereocenters. The summed E-state index contributed by atoms with van der Waals surface area (Å²) in [4.78, 5) is 2.50. The molecule has 2 rings (SSSR count). The lowest BCUT2D eigenvalue weighted by Crippen LogP contribution is -2.36. The van der Waals surface area contributed by atoms with E-state index in [1.54, 1.807) is 0 Å². The molecule has 0 unspecified atom stereocenters. The number of nitrogens with zero attached hydrogens (tertiary/aromatic N) is 1. The fourth-order valence-corrected chi connectivity index (χ4v) is 2.84. The van der Waals surface area contributed by atoms with Gasteiger partial charge in [-0.15, -0.1) is 0 Å². The molecule has 0 saturated heterocycles. The summed E-state index contributed by atoms with van der Waals surface area (Å²) in [6, 6.07) is 20.2. The summed E-state index contributed by atoms with van der Waals surface area (Å²) in [5, 5.41) is 0. The van der Waals surface area contributed by atoms with E-state index in [1.807, 2.05) is 6.07 Å². The van der Waals surface area contributed by atoms with E-state index < -0.39 is 0 Å². The van der Waals surface area contributed by atoms with Gasteiger partial charge in [-0.2, -0.15) is 0 Å². The average molecular weight is 293 g/mol. The molecule has 22 heavy (non-hydrogen) atoms. The van der Waals surface area contributed by atoms with Gasteiger partial charge in [0.05, 0.1) is 0 Å². The van der Waals surface area contributed by atoms with Gasteiger partial charge in [-0.3, -0.25) is 4.90 Å². The molecule has 0 spiro atoms. The molecule has 0 bridgehead atoms. The van der Waals surface area contributed by atoms with Crippen LogP contribution in [0.3, 0.4) is 0 Å². The lowest BCUT2D eigenvalue weighted by molar-refractivity contribution is 0.166. The molecular weight excluding hydrogens is 266 g/mol. The Morgan fingerprint density at radius 1 is 0.864 bits per heavy atom. The minimum atomic E-state index is 0.543. The molecule has 1 heteroatoms. The van der Waals surface area contributed by atoms with Gasteiger partial charge in [0.25, 0.3) is 0 Å². The van der Waals surface area contributed by atoms with Gasteiger partial charge in [-0.25, -0.2) is 0 Å². The second-order valence-electron chi connectivity index (χ2n) is 6.40. The fraction of sp³-hybridized carbons (Fsp3) is 0.333. The zero-order valence-corrected chi connectivity index (χ0v) is 14.2. The van der Waals surface area contributed by atoms with Crippen LogP contribution in [0, 0.1) is 0 Å². The standard InChI is InChI=1S/C21H27N/c1-16(2)22(17(3)4)15-19-10-9-13-21(14-19)18(5)20-11-7-6-8-12-20/h6-14,16-17H,5,15H2,1-4H3. The van der Waals surface area contributed by atoms with E-state index in [-0.39, 0.29) is 0 Å². The molecule has 2 aromatic rings. The summed E-state index contributed by atoms with van der Waals surface area (Å²) < 4.78 is 0. The van der Waals surface area contributed by atoms with Gasteiger partial charge in [0.15, 0.2) is 0 Å². The minimum Gasteiger partial charge on any atom is -0.294 e. The van der Waals surface area contributed by atoms with Crippen LogP contribution in [-0.2, 0) is 6.54 Å². The van der Waals surface area contributed by atoms with Gasteiger partial charge < -0.3 is 0 Å². The van der Waals surface area contributed by atoms with Crippen LogP contribution in [0.1, 0.15) is 44.4 Å². The van der Waals surface area contributed by atoms with Crippen LogP contribution >= 0.6 is 0 Å². The van der Waals surface area contributed by atoms with Crippen molar-refractivity contribution in [1.29, 1.82) is 0 Å². The molecule has 0 radical (unpaired) electrons. The van der Waals surface area contributed by atoms with Crippen LogP contribution in [0.15, 0.2) is 61.2 Å². The van der Waals surface area contributed by atoms with E-state index in [0.717, 1.165) is 12.1 Å². The Kier molecular flexibility index (Phi) is 5.57. The topological polar surface area (TPSA) is 3.24 Å². The summed E-state index contributed by atoms with van der Waals surface area (Å²) in [5.41, 5.74) is 4.82. The molecule has 0 saturated carbocycles. The van der Waals surface area contributed by atoms with Crippen molar-refractivity contribution in [3.05, 3.63) is 77.9 Å². The Balaban J connectivity index is 2.22. The van der Waals surface area contributed by atoms with Gasteiger partial charge >= 0.3 is 0 Å². The third kappa shape index (κ3) is 4.08. The largest absolute Gasteiger partial charge is 0.294 e. The molecule has 0 aliphatic carbocycles. The summed E-state index contributed by atoms with van der Waals surface area (Å²) in [5.74, 6) is 0. The smallest absolute Gasteiger partial charge is 0.0239 e. The molecule has 1 nitrogen and oxygen atoms in total. The number of rotatable bonds is 6. The molecule has 0 aromatic heterocycles. The molecule has 0 amide bonds. The van der Waals surface area contributed by atoms with Crippen molar-refractivity contribution in [3.8, 4) is 0 Å². The average Bonchev–Trinajstić information content (AvgIpc) is 2.52. The van der Waals surface area contributed by atoms with Crippen molar-refractivity contribution in [2.75, 3.05) is 0 Å². The second kappa shape index (κ2) is 7.42. The molecule has 0 N–H and O–H groups in total. The van der Waals surface area contributed by atoms with Crippen LogP contribution in [0.25, 0.3) is 5.57 Å². The first kappa shape index (κ1) is 16.5. The third-order valence-electron chi connectivity index (χ3n) is 4.09. The summed E-state index contributed by atoms with van der Waals surface area (Å²) >= 11 is 0. The Bertz CT molecular complexity index is 603. The highest BCUT2D eigenvalue weighted by atomic mass is 15.2. The van der Waals surface area contributed by atoms with Gasteiger partial charge in [0.2, 0.25) is 0 Å². The molecule has 116 valence electrons. The van der Waals surface area contributed by atoms with Crippen molar-refractivity contribution in [2.45, 2.75) is 46.3 Å². The van der Waals surface area contributed by atoms with Gasteiger partial charge in [0.1, 0.15) is 0 Å². The highest BCUT2D eigenvalue weighted by Crippen LogP contribution is 2.23. The molecule has 0 aliphatic rings. The highest BCUT2D eigenvalue weighted by Gasteiger charge is 2.14. The van der Waals surface area contributed by atoms with Crippen LogP contribution in [0.5, 0.6) is 0 Å². The molecule has 0 aliphatic heterocycles. The van der Waals surface area contributed by atoms with E-state index in [9.17, 15) is 0 Å². The Hall–Kier alpha value is -1.86. The van der Waals surface area contributed by atoms with Gasteiger partial charge in [0, 0.05) is 18.6 Å². The number of hydrogen-bond donors (Lipinski definition) is 0. The van der Waals surface area contributed by atoms with E-state index >= 15 is 0 Å². The molecule has 0 fully saturated rings. The first-order valence-corrected chi connectivity index (χ1v) is 8.08. The maximum Gasteiger partial charge on any atom is 0.0239 e. The fourth-order valence-electron chi connectivity index (χ4n) is 2.84. The lowest BCUT2D eigenvalue weighted by atomic mass is 9.98. The van der Waals surface area contributed by atoms with Crippen molar-refractivity contribution >= 4 is 5.57 Å². The van der Waals surface area contributed by atoms with E-state index in [0.29, 0.717) is 12.1 Å². The second-order valence-corrected chi connectivity index (χ2v) is 6.40. The number of benzene rings is 2. The normalized spacial score (nSPS) is 11.4. The monoisotopic (exact) mass is 293 g/mol.